The number of rotatable bonds is 8. The van der Waals surface area contributed by atoms with Gasteiger partial charge in [-0.15, -0.1) is 0 Å². The van der Waals surface area contributed by atoms with Gasteiger partial charge in [0.1, 0.15) is 6.33 Å². The van der Waals surface area contributed by atoms with Crippen molar-refractivity contribution in [2.45, 2.75) is 0 Å². The van der Waals surface area contributed by atoms with Gasteiger partial charge in [-0.2, -0.15) is 9.97 Å². The minimum Gasteiger partial charge on any atom is -0.493 e. The van der Waals surface area contributed by atoms with Crippen molar-refractivity contribution in [3.8, 4) is 22.9 Å². The van der Waals surface area contributed by atoms with Crippen LogP contribution < -0.4 is 24.8 Å². The van der Waals surface area contributed by atoms with Crippen LogP contribution in [0.15, 0.2) is 85.3 Å². The first-order valence-electron chi connectivity index (χ1n) is 12.2. The second kappa shape index (κ2) is 10.2. The monoisotopic (exact) mass is 519 g/mol. The third-order valence-electron chi connectivity index (χ3n) is 6.22. The summed E-state index contributed by atoms with van der Waals surface area (Å²) in [6.07, 6.45) is 3.51. The van der Waals surface area contributed by atoms with Crippen molar-refractivity contribution in [1.82, 2.24) is 24.5 Å². The Balaban J connectivity index is 1.47. The molecule has 10 nitrogen and oxygen atoms in total. The minimum absolute atomic E-state index is 0.401. The fourth-order valence-corrected chi connectivity index (χ4v) is 4.39. The fourth-order valence-electron chi connectivity index (χ4n) is 4.39. The Bertz CT molecular complexity index is 1760. The standard InChI is InChI=1S/C29H25N7O3/c1-37-23-15-20(16-24(38-2)26(23)39-3)32-27-25-28(36(17-31-25)21-9-5-4-6-10-21)35-29(34-27)33-19-11-12-22-18(14-19)8-7-13-30-22/h4-17H,1-3H3,(H2,32,33,34,35). The van der Waals surface area contributed by atoms with Crippen LogP contribution in [0.4, 0.5) is 23.1 Å². The van der Waals surface area contributed by atoms with Gasteiger partial charge in [0.25, 0.3) is 0 Å². The number of aromatic nitrogens is 5. The zero-order chi connectivity index (χ0) is 26.8. The number of pyridine rings is 1. The van der Waals surface area contributed by atoms with E-state index >= 15 is 0 Å². The van der Waals surface area contributed by atoms with Crippen LogP contribution in [-0.2, 0) is 0 Å². The molecule has 3 aromatic heterocycles. The van der Waals surface area contributed by atoms with Gasteiger partial charge < -0.3 is 24.8 Å². The molecule has 2 N–H and O–H groups in total. The number of fused-ring (bicyclic) bond motifs is 2. The minimum atomic E-state index is 0.401. The topological polar surface area (TPSA) is 108 Å². The maximum Gasteiger partial charge on any atom is 0.231 e. The second-order valence-electron chi connectivity index (χ2n) is 8.59. The van der Waals surface area contributed by atoms with Gasteiger partial charge in [0.15, 0.2) is 28.5 Å². The molecule has 6 aromatic rings. The number of benzene rings is 3. The van der Waals surface area contributed by atoms with Crippen molar-refractivity contribution in [3.63, 3.8) is 0 Å². The van der Waals surface area contributed by atoms with Crippen LogP contribution in [0.3, 0.4) is 0 Å². The average molecular weight is 520 g/mol. The number of nitrogens with one attached hydrogen (secondary N) is 2. The first-order chi connectivity index (χ1) is 19.2. The summed E-state index contributed by atoms with van der Waals surface area (Å²) in [5.41, 5.74) is 4.59. The predicted molar refractivity (Wildman–Crippen MR) is 151 cm³/mol. The number of hydrogen-bond acceptors (Lipinski definition) is 9. The molecule has 0 spiro atoms. The summed E-state index contributed by atoms with van der Waals surface area (Å²) in [5.74, 6) is 2.44. The zero-order valence-corrected chi connectivity index (χ0v) is 21.5. The summed E-state index contributed by atoms with van der Waals surface area (Å²) in [6, 6.07) is 23.4. The molecule has 0 bridgehead atoms. The predicted octanol–water partition coefficient (Wildman–Crippen LogP) is 5.88. The molecular weight excluding hydrogens is 494 g/mol. The van der Waals surface area contributed by atoms with Crippen molar-refractivity contribution in [2.75, 3.05) is 32.0 Å². The molecule has 0 amide bonds. The molecule has 0 radical (unpaired) electrons. The summed E-state index contributed by atoms with van der Waals surface area (Å²) >= 11 is 0. The third-order valence-corrected chi connectivity index (χ3v) is 6.22. The molecule has 0 saturated carbocycles. The molecular formula is C29H25N7O3. The summed E-state index contributed by atoms with van der Waals surface area (Å²) in [5, 5.41) is 7.73. The van der Waals surface area contributed by atoms with Crippen LogP contribution in [0.25, 0.3) is 27.8 Å². The van der Waals surface area contributed by atoms with Crippen molar-refractivity contribution >= 4 is 45.2 Å². The second-order valence-corrected chi connectivity index (χ2v) is 8.59. The molecule has 6 rings (SSSR count). The summed E-state index contributed by atoms with van der Waals surface area (Å²) < 4.78 is 18.5. The number of hydrogen-bond donors (Lipinski definition) is 2. The molecule has 0 aliphatic carbocycles. The lowest BCUT2D eigenvalue weighted by atomic mass is 10.2. The highest BCUT2D eigenvalue weighted by Gasteiger charge is 2.18. The van der Waals surface area contributed by atoms with E-state index in [4.69, 9.17) is 24.2 Å². The van der Waals surface area contributed by atoms with Crippen LogP contribution in [0.2, 0.25) is 0 Å². The molecule has 39 heavy (non-hydrogen) atoms. The number of ether oxygens (including phenoxy) is 3. The molecule has 3 heterocycles. The van der Waals surface area contributed by atoms with E-state index in [9.17, 15) is 0 Å². The highest BCUT2D eigenvalue weighted by molar-refractivity contribution is 5.89. The van der Waals surface area contributed by atoms with Gasteiger partial charge >= 0.3 is 0 Å². The maximum absolute atomic E-state index is 5.53. The molecule has 0 saturated heterocycles. The average Bonchev–Trinajstić information content (AvgIpc) is 3.41. The quantitative estimate of drug-likeness (QED) is 0.255. The van der Waals surface area contributed by atoms with Crippen LogP contribution >= 0.6 is 0 Å². The normalized spacial score (nSPS) is 10.9. The number of anilines is 4. The molecule has 0 aliphatic heterocycles. The van der Waals surface area contributed by atoms with Crippen molar-refractivity contribution < 1.29 is 14.2 Å². The van der Waals surface area contributed by atoms with Crippen molar-refractivity contribution in [3.05, 3.63) is 85.3 Å². The smallest absolute Gasteiger partial charge is 0.231 e. The molecule has 0 unspecified atom stereocenters. The number of imidazole rings is 1. The molecule has 0 atom stereocenters. The lowest BCUT2D eigenvalue weighted by molar-refractivity contribution is 0.324. The van der Waals surface area contributed by atoms with Gasteiger partial charge in [0.2, 0.25) is 11.7 Å². The Morgan fingerprint density at radius 1 is 0.718 bits per heavy atom. The molecule has 10 heteroatoms. The van der Waals surface area contributed by atoms with Crippen LogP contribution in [0.1, 0.15) is 0 Å². The van der Waals surface area contributed by atoms with E-state index in [1.54, 1.807) is 33.9 Å². The van der Waals surface area contributed by atoms with Gasteiger partial charge in [0, 0.05) is 40.8 Å². The fraction of sp³-hybridized carbons (Fsp3) is 0.103. The lowest BCUT2D eigenvalue weighted by Gasteiger charge is -2.15. The van der Waals surface area contributed by atoms with Gasteiger partial charge in [-0.3, -0.25) is 9.55 Å². The van der Waals surface area contributed by atoms with Crippen LogP contribution in [0.5, 0.6) is 17.2 Å². The Hall–Kier alpha value is -5.38. The number of nitrogens with zero attached hydrogens (tertiary/aromatic N) is 5. The molecule has 194 valence electrons. The summed E-state index contributed by atoms with van der Waals surface area (Å²) in [4.78, 5) is 18.7. The van der Waals surface area contributed by atoms with E-state index in [2.05, 4.69) is 20.6 Å². The van der Waals surface area contributed by atoms with E-state index in [-0.39, 0.29) is 0 Å². The van der Waals surface area contributed by atoms with Crippen molar-refractivity contribution in [1.29, 1.82) is 0 Å². The van der Waals surface area contributed by atoms with Gasteiger partial charge in [-0.1, -0.05) is 24.3 Å². The zero-order valence-electron chi connectivity index (χ0n) is 21.5. The van der Waals surface area contributed by atoms with E-state index in [0.29, 0.717) is 45.9 Å². The Morgan fingerprint density at radius 2 is 1.51 bits per heavy atom. The maximum atomic E-state index is 5.53. The van der Waals surface area contributed by atoms with E-state index in [0.717, 1.165) is 22.3 Å². The third kappa shape index (κ3) is 4.59. The SMILES string of the molecule is COc1cc(Nc2nc(Nc3ccc4ncccc4c3)nc3c2ncn3-c2ccccc2)cc(OC)c1OC. The Kier molecular flexibility index (Phi) is 6.26. The van der Waals surface area contributed by atoms with E-state index in [1.165, 1.54) is 0 Å². The highest BCUT2D eigenvalue weighted by Crippen LogP contribution is 2.41. The summed E-state index contributed by atoms with van der Waals surface area (Å²) in [7, 11) is 4.72. The molecule has 0 fully saturated rings. The number of methoxy groups -OCH3 is 3. The lowest BCUT2D eigenvalue weighted by Crippen LogP contribution is -2.04. The van der Waals surface area contributed by atoms with Gasteiger partial charge in [0.05, 0.1) is 26.8 Å². The van der Waals surface area contributed by atoms with Crippen LogP contribution in [-0.4, -0.2) is 45.8 Å². The van der Waals surface area contributed by atoms with E-state index < -0.39 is 0 Å². The largest absolute Gasteiger partial charge is 0.493 e. The van der Waals surface area contributed by atoms with Crippen LogP contribution in [0, 0.1) is 0 Å². The van der Waals surface area contributed by atoms with Gasteiger partial charge in [-0.05, 0) is 36.4 Å². The Labute approximate surface area is 224 Å². The van der Waals surface area contributed by atoms with E-state index in [1.807, 2.05) is 77.4 Å². The first-order valence-corrected chi connectivity index (χ1v) is 12.2. The molecule has 0 aliphatic rings. The summed E-state index contributed by atoms with van der Waals surface area (Å²) in [6.45, 7) is 0. The van der Waals surface area contributed by atoms with Gasteiger partial charge in [-0.25, -0.2) is 4.98 Å². The van der Waals surface area contributed by atoms with Crippen molar-refractivity contribution in [2.24, 2.45) is 0 Å². The first kappa shape index (κ1) is 24.0. The number of para-hydroxylation sites is 1. The Morgan fingerprint density at radius 3 is 2.26 bits per heavy atom. The molecule has 3 aromatic carbocycles. The highest BCUT2D eigenvalue weighted by atomic mass is 16.5.